The molecule has 0 radical (unpaired) electrons. The number of fused-ring (bicyclic) bond motifs is 1. The van der Waals surface area contributed by atoms with Gasteiger partial charge >= 0.3 is 0 Å². The molecule has 0 N–H and O–H groups in total. The van der Waals surface area contributed by atoms with Gasteiger partial charge in [0.2, 0.25) is 21.8 Å². The maximum atomic E-state index is 13.4. The maximum Gasteiger partial charge on any atom is 0.245 e. The van der Waals surface area contributed by atoms with Crippen LogP contribution in [0, 0.1) is 18.8 Å². The number of hydrogen-bond acceptors (Lipinski definition) is 5. The van der Waals surface area contributed by atoms with Crippen molar-refractivity contribution in [3.63, 3.8) is 0 Å². The molecule has 1 aromatic heterocycles. The number of piperazine rings is 1. The molecule has 176 valence electrons. The maximum absolute atomic E-state index is 13.4. The minimum absolute atomic E-state index is 0.0441. The summed E-state index contributed by atoms with van der Waals surface area (Å²) in [4.78, 5) is 33.8. The Hall–Kier alpha value is -2.52. The smallest absolute Gasteiger partial charge is 0.245 e. The summed E-state index contributed by atoms with van der Waals surface area (Å²) < 4.78 is 28.2. The number of benzene rings is 1. The number of hydrogen-bond donors (Lipinski definition) is 0. The fraction of sp³-hybridized carbons (Fsp3) is 0.542. The number of nitrogens with zero attached hydrogens (tertiary/aromatic N) is 4. The summed E-state index contributed by atoms with van der Waals surface area (Å²) in [5.41, 5.74) is 1.45. The zero-order valence-electron chi connectivity index (χ0n) is 18.9. The van der Waals surface area contributed by atoms with Crippen molar-refractivity contribution in [2.24, 2.45) is 11.8 Å². The second-order valence-corrected chi connectivity index (χ2v) is 11.4. The van der Waals surface area contributed by atoms with Crippen molar-refractivity contribution < 1.29 is 18.0 Å². The minimum Gasteiger partial charge on any atom is -0.342 e. The number of pyridine rings is 1. The van der Waals surface area contributed by atoms with Crippen molar-refractivity contribution in [3.05, 3.63) is 36.0 Å². The molecular weight excluding hydrogens is 440 g/mol. The number of amides is 2. The van der Waals surface area contributed by atoms with Gasteiger partial charge in [-0.3, -0.25) is 14.6 Å². The Morgan fingerprint density at radius 2 is 1.67 bits per heavy atom. The fourth-order valence-corrected chi connectivity index (χ4v) is 6.55. The van der Waals surface area contributed by atoms with Crippen molar-refractivity contribution in [3.8, 4) is 0 Å². The molecule has 8 nitrogen and oxygen atoms in total. The summed E-state index contributed by atoms with van der Waals surface area (Å²) in [6.07, 6.45) is 5.25. The molecule has 33 heavy (non-hydrogen) atoms. The first-order valence-corrected chi connectivity index (χ1v) is 13.2. The standard InChI is InChI=1S/C24H30N4O4S/c1-17-14-19-4-2-6-21(22(19)25-15-17)33(31,32)28-12-10-26(11-13-28)24(30)20-5-3-9-27(16-20)23(29)18-7-8-18/h2,4,6,14-15,18,20H,3,5,7-13,16H2,1H3. The average Bonchev–Trinajstić information content (AvgIpc) is 3.68. The topological polar surface area (TPSA) is 90.9 Å². The van der Waals surface area contributed by atoms with Gasteiger partial charge in [-0.15, -0.1) is 0 Å². The molecule has 0 spiro atoms. The van der Waals surface area contributed by atoms with E-state index in [0.717, 1.165) is 43.2 Å². The highest BCUT2D eigenvalue weighted by molar-refractivity contribution is 7.89. The van der Waals surface area contributed by atoms with Crippen LogP contribution in [0.15, 0.2) is 35.4 Å². The van der Waals surface area contributed by atoms with Crippen molar-refractivity contribution in [1.29, 1.82) is 0 Å². The van der Waals surface area contributed by atoms with Crippen molar-refractivity contribution in [2.45, 2.75) is 37.5 Å². The summed E-state index contributed by atoms with van der Waals surface area (Å²) in [5, 5.41) is 0.799. The lowest BCUT2D eigenvalue weighted by Gasteiger charge is -2.38. The van der Waals surface area contributed by atoms with Crippen LogP contribution in [-0.2, 0) is 19.6 Å². The van der Waals surface area contributed by atoms with Crippen LogP contribution in [0.4, 0.5) is 0 Å². The van der Waals surface area contributed by atoms with Gasteiger partial charge in [-0.1, -0.05) is 12.1 Å². The predicted octanol–water partition coefficient (Wildman–Crippen LogP) is 2.02. The molecule has 1 saturated carbocycles. The van der Waals surface area contributed by atoms with Crippen LogP contribution in [-0.4, -0.2) is 78.6 Å². The highest BCUT2D eigenvalue weighted by Crippen LogP contribution is 2.33. The van der Waals surface area contributed by atoms with Gasteiger partial charge in [-0.25, -0.2) is 8.42 Å². The van der Waals surface area contributed by atoms with Crippen LogP contribution in [0.5, 0.6) is 0 Å². The van der Waals surface area contributed by atoms with Crippen LogP contribution >= 0.6 is 0 Å². The van der Waals surface area contributed by atoms with Crippen LogP contribution in [0.1, 0.15) is 31.2 Å². The Morgan fingerprint density at radius 1 is 0.939 bits per heavy atom. The Balaban J connectivity index is 1.25. The first kappa shape index (κ1) is 22.3. The zero-order valence-corrected chi connectivity index (χ0v) is 19.8. The monoisotopic (exact) mass is 470 g/mol. The van der Waals surface area contributed by atoms with E-state index in [2.05, 4.69) is 4.98 Å². The average molecular weight is 471 g/mol. The third-order valence-corrected chi connectivity index (χ3v) is 8.92. The predicted molar refractivity (Wildman–Crippen MR) is 124 cm³/mol. The molecule has 1 unspecified atom stereocenters. The van der Waals surface area contributed by atoms with E-state index >= 15 is 0 Å². The Kier molecular flexibility index (Phi) is 5.86. The highest BCUT2D eigenvalue weighted by atomic mass is 32.2. The van der Waals surface area contributed by atoms with Gasteiger partial charge in [-0.05, 0) is 50.3 Å². The van der Waals surface area contributed by atoms with E-state index in [1.165, 1.54) is 4.31 Å². The Labute approximate surface area is 194 Å². The number of piperidine rings is 1. The van der Waals surface area contributed by atoms with E-state index in [0.29, 0.717) is 25.2 Å². The van der Waals surface area contributed by atoms with Crippen molar-refractivity contribution in [1.82, 2.24) is 19.1 Å². The van der Waals surface area contributed by atoms with Crippen molar-refractivity contribution in [2.75, 3.05) is 39.3 Å². The molecule has 2 aliphatic heterocycles. The molecular formula is C24H30N4O4S. The van der Waals surface area contributed by atoms with E-state index in [1.54, 1.807) is 23.2 Å². The summed E-state index contributed by atoms with van der Waals surface area (Å²) in [5.74, 6) is 0.222. The summed E-state index contributed by atoms with van der Waals surface area (Å²) >= 11 is 0. The number of carbonyl (C=O) groups excluding carboxylic acids is 2. The van der Waals surface area contributed by atoms with Gasteiger partial charge in [0, 0.05) is 56.8 Å². The van der Waals surface area contributed by atoms with Gasteiger partial charge in [0.05, 0.1) is 11.4 Å². The molecule has 2 saturated heterocycles. The van der Waals surface area contributed by atoms with Crippen LogP contribution in [0.2, 0.25) is 0 Å². The van der Waals surface area contributed by atoms with Gasteiger partial charge in [-0.2, -0.15) is 4.31 Å². The molecule has 1 aliphatic carbocycles. The lowest BCUT2D eigenvalue weighted by atomic mass is 9.96. The van der Waals surface area contributed by atoms with Gasteiger partial charge in [0.1, 0.15) is 4.90 Å². The normalized spacial score (nSPS) is 22.5. The molecule has 3 aliphatic rings. The van der Waals surface area contributed by atoms with Crippen LogP contribution < -0.4 is 0 Å². The zero-order chi connectivity index (χ0) is 23.2. The molecule has 9 heteroatoms. The number of aryl methyl sites for hydroxylation is 1. The summed E-state index contributed by atoms with van der Waals surface area (Å²) in [7, 11) is -3.72. The largest absolute Gasteiger partial charge is 0.342 e. The molecule has 0 bridgehead atoms. The SMILES string of the molecule is Cc1cnc2c(S(=O)(=O)N3CCN(C(=O)C4CCCN(C(=O)C5CC5)C4)CC3)cccc2c1. The third-order valence-electron chi connectivity index (χ3n) is 6.99. The number of aromatic nitrogens is 1. The van der Waals surface area contributed by atoms with Gasteiger partial charge < -0.3 is 9.80 Å². The lowest BCUT2D eigenvalue weighted by Crippen LogP contribution is -2.54. The van der Waals surface area contributed by atoms with E-state index in [4.69, 9.17) is 0 Å². The molecule has 3 fully saturated rings. The van der Waals surface area contributed by atoms with Gasteiger partial charge in [0.15, 0.2) is 0 Å². The summed E-state index contributed by atoms with van der Waals surface area (Å²) in [6, 6.07) is 7.14. The lowest BCUT2D eigenvalue weighted by molar-refractivity contribution is -0.142. The van der Waals surface area contributed by atoms with E-state index in [9.17, 15) is 18.0 Å². The second-order valence-electron chi connectivity index (χ2n) is 9.47. The van der Waals surface area contributed by atoms with Crippen LogP contribution in [0.3, 0.4) is 0 Å². The number of para-hydroxylation sites is 1. The third kappa shape index (κ3) is 4.36. The Morgan fingerprint density at radius 3 is 2.39 bits per heavy atom. The van der Waals surface area contributed by atoms with E-state index in [-0.39, 0.29) is 41.6 Å². The van der Waals surface area contributed by atoms with E-state index in [1.807, 2.05) is 24.0 Å². The molecule has 1 aromatic carbocycles. The fourth-order valence-electron chi connectivity index (χ4n) is 4.96. The molecule has 5 rings (SSSR count). The summed E-state index contributed by atoms with van der Waals surface area (Å²) in [6.45, 7) is 4.40. The second kappa shape index (κ2) is 8.68. The van der Waals surface area contributed by atoms with E-state index < -0.39 is 10.0 Å². The molecule has 1 atom stereocenters. The number of likely N-dealkylation sites (tertiary alicyclic amines) is 1. The first-order valence-electron chi connectivity index (χ1n) is 11.8. The number of sulfonamides is 1. The van der Waals surface area contributed by atoms with Crippen molar-refractivity contribution >= 4 is 32.7 Å². The number of carbonyl (C=O) groups is 2. The molecule has 2 amide bonds. The molecule has 2 aromatic rings. The van der Waals surface area contributed by atoms with Crippen LogP contribution in [0.25, 0.3) is 10.9 Å². The highest BCUT2D eigenvalue weighted by Gasteiger charge is 2.39. The first-order chi connectivity index (χ1) is 15.8. The number of rotatable bonds is 4. The quantitative estimate of drug-likeness (QED) is 0.682. The minimum atomic E-state index is -3.72. The molecule has 3 heterocycles. The Bertz CT molecular complexity index is 1190. The van der Waals surface area contributed by atoms with Gasteiger partial charge in [0.25, 0.3) is 0 Å².